The Kier molecular flexibility index (Phi) is 5.98. The third-order valence-corrected chi connectivity index (χ3v) is 7.77. The number of amides is 1. The molecule has 2 aliphatic rings. The Morgan fingerprint density at radius 3 is 2.42 bits per heavy atom. The van der Waals surface area contributed by atoms with E-state index >= 15 is 0 Å². The van der Waals surface area contributed by atoms with E-state index in [1.807, 2.05) is 11.8 Å². The van der Waals surface area contributed by atoms with E-state index in [4.69, 9.17) is 5.10 Å². The molecule has 2 aromatic heterocycles. The number of aromatic nitrogens is 4. The standard InChI is InChI=1S/C23H36N6OS/c1-7-19(30)28-10-8-15-17(12-28)24-26-20(15)22(2,3)14-23(4,5)29-11-9-16-18(13-29)25-27-21(16)31-6/h7-14H2,1-6H3,(H,24,26)(H,25,27). The fraction of sp³-hybridized carbons (Fsp3) is 0.696. The molecule has 1 amide bonds. The van der Waals surface area contributed by atoms with Gasteiger partial charge in [0.25, 0.3) is 0 Å². The van der Waals surface area contributed by atoms with Crippen molar-refractivity contribution in [2.24, 2.45) is 0 Å². The number of carbonyl (C=O) groups excluding carboxylic acids is 1. The largest absolute Gasteiger partial charge is 0.336 e. The van der Waals surface area contributed by atoms with Gasteiger partial charge >= 0.3 is 0 Å². The van der Waals surface area contributed by atoms with Crippen LogP contribution in [-0.4, -0.2) is 61.0 Å². The van der Waals surface area contributed by atoms with Crippen molar-refractivity contribution in [1.29, 1.82) is 0 Å². The molecule has 4 heterocycles. The van der Waals surface area contributed by atoms with Crippen molar-refractivity contribution in [3.8, 4) is 0 Å². The molecule has 0 radical (unpaired) electrons. The molecule has 0 saturated carbocycles. The van der Waals surface area contributed by atoms with Crippen molar-refractivity contribution in [2.75, 3.05) is 19.3 Å². The first-order chi connectivity index (χ1) is 14.7. The van der Waals surface area contributed by atoms with Gasteiger partial charge in [-0.05, 0) is 39.4 Å². The zero-order chi connectivity index (χ0) is 22.4. The quantitative estimate of drug-likeness (QED) is 0.665. The zero-order valence-corrected chi connectivity index (χ0v) is 20.6. The van der Waals surface area contributed by atoms with E-state index in [0.29, 0.717) is 13.0 Å². The summed E-state index contributed by atoms with van der Waals surface area (Å²) in [5.41, 5.74) is 6.21. The van der Waals surface area contributed by atoms with E-state index in [-0.39, 0.29) is 16.9 Å². The summed E-state index contributed by atoms with van der Waals surface area (Å²) in [4.78, 5) is 16.7. The molecule has 2 aliphatic heterocycles. The van der Waals surface area contributed by atoms with Gasteiger partial charge in [-0.25, -0.2) is 0 Å². The van der Waals surface area contributed by atoms with Crippen LogP contribution in [0.4, 0.5) is 0 Å². The van der Waals surface area contributed by atoms with Crippen LogP contribution in [0.15, 0.2) is 5.03 Å². The number of thioether (sulfide) groups is 1. The summed E-state index contributed by atoms with van der Waals surface area (Å²) in [5, 5.41) is 16.9. The SMILES string of the molecule is CCC(=O)N1CCc2c(C(C)(C)CC(C)(C)N3CCc4c(SC)n[nH]c4C3)n[nH]c2C1. The van der Waals surface area contributed by atoms with E-state index < -0.39 is 0 Å². The zero-order valence-electron chi connectivity index (χ0n) is 19.8. The third kappa shape index (κ3) is 4.16. The van der Waals surface area contributed by atoms with Crippen molar-refractivity contribution in [2.45, 2.75) is 89.4 Å². The summed E-state index contributed by atoms with van der Waals surface area (Å²) in [6.45, 7) is 14.7. The highest BCUT2D eigenvalue weighted by Crippen LogP contribution is 2.39. The van der Waals surface area contributed by atoms with E-state index in [1.165, 1.54) is 22.5 Å². The van der Waals surface area contributed by atoms with Crippen LogP contribution < -0.4 is 0 Å². The highest BCUT2D eigenvalue weighted by molar-refractivity contribution is 7.98. The summed E-state index contributed by atoms with van der Waals surface area (Å²) in [6, 6.07) is 0. The fourth-order valence-electron chi connectivity index (χ4n) is 5.56. The predicted octanol–water partition coefficient (Wildman–Crippen LogP) is 3.65. The van der Waals surface area contributed by atoms with Gasteiger partial charge in [-0.1, -0.05) is 20.8 Å². The number of hydrogen-bond acceptors (Lipinski definition) is 5. The van der Waals surface area contributed by atoms with Crippen LogP contribution in [-0.2, 0) is 36.1 Å². The second-order valence-electron chi connectivity index (χ2n) is 10.2. The van der Waals surface area contributed by atoms with E-state index in [9.17, 15) is 4.79 Å². The van der Waals surface area contributed by atoms with Crippen LogP contribution in [0.5, 0.6) is 0 Å². The predicted molar refractivity (Wildman–Crippen MR) is 124 cm³/mol. The molecule has 0 spiro atoms. The van der Waals surface area contributed by atoms with Gasteiger partial charge in [0.1, 0.15) is 5.03 Å². The van der Waals surface area contributed by atoms with Gasteiger partial charge in [0.15, 0.2) is 0 Å². The fourth-order valence-corrected chi connectivity index (χ4v) is 6.17. The summed E-state index contributed by atoms with van der Waals surface area (Å²) < 4.78 is 0. The lowest BCUT2D eigenvalue weighted by atomic mass is 9.74. The summed E-state index contributed by atoms with van der Waals surface area (Å²) in [6.07, 6.45) is 5.59. The number of rotatable bonds is 6. The van der Waals surface area contributed by atoms with Crippen molar-refractivity contribution >= 4 is 17.7 Å². The lowest BCUT2D eigenvalue weighted by molar-refractivity contribution is -0.131. The van der Waals surface area contributed by atoms with E-state index in [0.717, 1.165) is 49.6 Å². The lowest BCUT2D eigenvalue weighted by Gasteiger charge is -2.44. The average Bonchev–Trinajstić information content (AvgIpc) is 3.35. The minimum absolute atomic E-state index is 0.0243. The molecule has 2 N–H and O–H groups in total. The molecule has 4 rings (SSSR count). The van der Waals surface area contributed by atoms with Gasteiger partial charge in [-0.2, -0.15) is 10.2 Å². The van der Waals surface area contributed by atoms with Crippen LogP contribution in [0, 0.1) is 0 Å². The second-order valence-corrected chi connectivity index (χ2v) is 11.0. The molecule has 0 aliphatic carbocycles. The molecule has 0 aromatic carbocycles. The Hall–Kier alpha value is -1.80. The highest BCUT2D eigenvalue weighted by Gasteiger charge is 2.40. The third-order valence-electron chi connectivity index (χ3n) is 7.05. The number of aromatic amines is 2. The monoisotopic (exact) mass is 444 g/mol. The Bertz CT molecular complexity index is 959. The number of H-pyrrole nitrogens is 2. The van der Waals surface area contributed by atoms with Gasteiger partial charge in [0, 0.05) is 48.1 Å². The molecule has 0 unspecified atom stereocenters. The Labute approximate surface area is 189 Å². The van der Waals surface area contributed by atoms with Crippen LogP contribution in [0.2, 0.25) is 0 Å². The first kappa shape index (κ1) is 22.4. The molecule has 0 atom stereocenters. The van der Waals surface area contributed by atoms with E-state index in [1.54, 1.807) is 11.8 Å². The molecular weight excluding hydrogens is 408 g/mol. The molecule has 7 nitrogen and oxygen atoms in total. The maximum atomic E-state index is 12.1. The van der Waals surface area contributed by atoms with Crippen LogP contribution in [0.1, 0.15) is 75.7 Å². The molecule has 0 saturated heterocycles. The summed E-state index contributed by atoms with van der Waals surface area (Å²) in [5.74, 6) is 0.218. The maximum Gasteiger partial charge on any atom is 0.222 e. The lowest BCUT2D eigenvalue weighted by Crippen LogP contribution is -2.49. The van der Waals surface area contributed by atoms with E-state index in [2.05, 4.69) is 54.1 Å². The van der Waals surface area contributed by atoms with Gasteiger partial charge in [-0.15, -0.1) is 11.8 Å². The smallest absolute Gasteiger partial charge is 0.222 e. The molecular formula is C23H36N6OS. The van der Waals surface area contributed by atoms with Gasteiger partial charge in [-0.3, -0.25) is 19.9 Å². The average molecular weight is 445 g/mol. The van der Waals surface area contributed by atoms with Crippen molar-refractivity contribution in [1.82, 2.24) is 30.2 Å². The Morgan fingerprint density at radius 2 is 1.71 bits per heavy atom. The molecule has 170 valence electrons. The van der Waals surface area contributed by atoms with Gasteiger partial charge in [0.2, 0.25) is 5.91 Å². The highest BCUT2D eigenvalue weighted by atomic mass is 32.2. The molecule has 31 heavy (non-hydrogen) atoms. The van der Waals surface area contributed by atoms with Crippen LogP contribution in [0.25, 0.3) is 0 Å². The molecule has 2 aromatic rings. The van der Waals surface area contributed by atoms with Gasteiger partial charge in [0.05, 0.1) is 23.6 Å². The minimum atomic E-state index is -0.0663. The van der Waals surface area contributed by atoms with Crippen molar-refractivity contribution < 1.29 is 4.79 Å². The molecule has 0 fully saturated rings. The molecule has 0 bridgehead atoms. The van der Waals surface area contributed by atoms with Gasteiger partial charge < -0.3 is 4.90 Å². The first-order valence-corrected chi connectivity index (χ1v) is 12.6. The summed E-state index contributed by atoms with van der Waals surface area (Å²) >= 11 is 1.73. The Balaban J connectivity index is 1.50. The number of hydrogen-bond donors (Lipinski definition) is 2. The van der Waals surface area contributed by atoms with Crippen LogP contribution in [0.3, 0.4) is 0 Å². The van der Waals surface area contributed by atoms with Crippen molar-refractivity contribution in [3.05, 3.63) is 28.2 Å². The first-order valence-electron chi connectivity index (χ1n) is 11.4. The normalized spacial score (nSPS) is 17.5. The summed E-state index contributed by atoms with van der Waals surface area (Å²) in [7, 11) is 0. The topological polar surface area (TPSA) is 80.9 Å². The Morgan fingerprint density at radius 1 is 1.03 bits per heavy atom. The van der Waals surface area contributed by atoms with Crippen LogP contribution >= 0.6 is 11.8 Å². The number of carbonyl (C=O) groups is 1. The minimum Gasteiger partial charge on any atom is -0.336 e. The maximum absolute atomic E-state index is 12.1. The number of nitrogens with one attached hydrogen (secondary N) is 2. The number of fused-ring (bicyclic) bond motifs is 2. The molecule has 8 heteroatoms. The van der Waals surface area contributed by atoms with Crippen molar-refractivity contribution in [3.63, 3.8) is 0 Å². The second kappa shape index (κ2) is 8.28. The number of nitrogens with zero attached hydrogens (tertiary/aromatic N) is 4.